The predicted octanol–water partition coefficient (Wildman–Crippen LogP) is 5.07. The lowest BCUT2D eigenvalue weighted by atomic mass is 9.84. The Kier molecular flexibility index (Phi) is 8.51. The highest BCUT2D eigenvalue weighted by Gasteiger charge is 2.60. The number of hydrogen-bond acceptors (Lipinski definition) is 5. The number of piperazine rings is 1. The number of benzene rings is 1. The van der Waals surface area contributed by atoms with E-state index in [4.69, 9.17) is 11.6 Å². The predicted molar refractivity (Wildman–Crippen MR) is 131 cm³/mol. The molecule has 3 aliphatic heterocycles. The Morgan fingerprint density at radius 1 is 0.949 bits per heavy atom. The van der Waals surface area contributed by atoms with E-state index in [0.29, 0.717) is 11.6 Å². The van der Waals surface area contributed by atoms with E-state index >= 15 is 0 Å². The molecule has 3 aliphatic rings. The summed E-state index contributed by atoms with van der Waals surface area (Å²) in [4.78, 5) is 31.3. The third-order valence-corrected chi connectivity index (χ3v) is 8.13. The summed E-state index contributed by atoms with van der Waals surface area (Å²) in [6.45, 7) is 4.70. The smallest absolute Gasteiger partial charge is 0.426 e. The number of anilines is 1. The van der Waals surface area contributed by atoms with Crippen molar-refractivity contribution in [1.82, 2.24) is 14.7 Å². The van der Waals surface area contributed by atoms with Crippen LogP contribution in [0.25, 0.3) is 0 Å². The van der Waals surface area contributed by atoms with E-state index in [1.165, 1.54) is 0 Å². The molecule has 1 aromatic carbocycles. The fourth-order valence-electron chi connectivity index (χ4n) is 5.90. The molecule has 4 rings (SSSR count). The minimum atomic E-state index is -5.75. The second-order valence-corrected chi connectivity index (χ2v) is 10.8. The summed E-state index contributed by atoms with van der Waals surface area (Å²) in [6.07, 6.45) is -13.6. The highest BCUT2D eigenvalue weighted by molar-refractivity contribution is 6.30. The van der Waals surface area contributed by atoms with Crippen molar-refractivity contribution in [2.75, 3.05) is 50.7 Å². The molecule has 218 valence electrons. The maximum absolute atomic E-state index is 12.8. The molecule has 1 aromatic rings. The quantitative estimate of drug-likeness (QED) is 0.463. The summed E-state index contributed by atoms with van der Waals surface area (Å²) in [5, 5.41) is 0.566. The van der Waals surface area contributed by atoms with E-state index in [1.807, 2.05) is 21.9 Å². The maximum atomic E-state index is 12.8. The van der Waals surface area contributed by atoms with Crippen molar-refractivity contribution < 1.29 is 40.7 Å². The van der Waals surface area contributed by atoms with Crippen LogP contribution in [0.15, 0.2) is 18.2 Å². The van der Waals surface area contributed by atoms with Crippen molar-refractivity contribution in [3.05, 3.63) is 28.8 Å². The van der Waals surface area contributed by atoms with Crippen LogP contribution in [-0.2, 0) is 16.1 Å². The molecule has 1 spiro atoms. The molecule has 0 aliphatic carbocycles. The number of ether oxygens (including phenoxy) is 1. The van der Waals surface area contributed by atoms with E-state index in [0.717, 1.165) is 61.5 Å². The zero-order valence-electron chi connectivity index (χ0n) is 21.5. The summed E-state index contributed by atoms with van der Waals surface area (Å²) in [5.41, 5.74) is 1.81. The van der Waals surface area contributed by atoms with E-state index in [1.54, 1.807) is 13.0 Å². The molecule has 0 bridgehead atoms. The van der Waals surface area contributed by atoms with Crippen LogP contribution in [0.4, 0.5) is 36.8 Å². The number of piperidine rings is 1. The Morgan fingerprint density at radius 2 is 1.56 bits per heavy atom. The summed E-state index contributed by atoms with van der Waals surface area (Å²) < 4.78 is 80.3. The van der Waals surface area contributed by atoms with E-state index < -0.39 is 24.5 Å². The minimum absolute atomic E-state index is 0.0721. The first-order valence-corrected chi connectivity index (χ1v) is 13.2. The summed E-state index contributed by atoms with van der Waals surface area (Å²) in [5.74, 6) is 0.0970. The molecule has 2 amide bonds. The molecule has 0 atom stereocenters. The van der Waals surface area contributed by atoms with E-state index in [2.05, 4.69) is 9.64 Å². The third-order valence-electron chi connectivity index (χ3n) is 7.90. The molecule has 0 aromatic heterocycles. The molecule has 14 heteroatoms. The van der Waals surface area contributed by atoms with Gasteiger partial charge in [0.1, 0.15) is 0 Å². The van der Waals surface area contributed by atoms with Crippen molar-refractivity contribution in [2.45, 2.75) is 63.1 Å². The standard InChI is InChI=1S/C25H31ClF6N4O3/c1-17(37)36-8-2-5-23(36)6-9-34(10-7-23)20-15-19(26)4-3-18(20)16-33-11-13-35(14-12-33)22(38)39-21(24(27,28)29)25(30,31)32/h3-4,15,21H,2,5-14,16H2,1H3. The molecule has 39 heavy (non-hydrogen) atoms. The molecule has 3 saturated heterocycles. The second-order valence-electron chi connectivity index (χ2n) is 10.4. The van der Waals surface area contributed by atoms with Crippen molar-refractivity contribution >= 4 is 29.3 Å². The Labute approximate surface area is 227 Å². The van der Waals surface area contributed by atoms with Crippen LogP contribution in [0, 0.1) is 0 Å². The van der Waals surface area contributed by atoms with Gasteiger partial charge < -0.3 is 19.4 Å². The summed E-state index contributed by atoms with van der Waals surface area (Å²) in [6, 6.07) is 5.55. The van der Waals surface area contributed by atoms with Gasteiger partial charge in [-0.1, -0.05) is 17.7 Å². The zero-order chi connectivity index (χ0) is 28.6. The van der Waals surface area contributed by atoms with Crippen molar-refractivity contribution in [2.24, 2.45) is 0 Å². The van der Waals surface area contributed by atoms with Crippen LogP contribution < -0.4 is 4.90 Å². The summed E-state index contributed by atoms with van der Waals surface area (Å²) >= 11 is 6.31. The number of rotatable bonds is 4. The Morgan fingerprint density at radius 3 is 2.13 bits per heavy atom. The molecule has 3 fully saturated rings. The van der Waals surface area contributed by atoms with Crippen molar-refractivity contribution in [1.29, 1.82) is 0 Å². The first kappa shape index (κ1) is 29.6. The second kappa shape index (κ2) is 11.2. The zero-order valence-corrected chi connectivity index (χ0v) is 22.2. The topological polar surface area (TPSA) is 56.3 Å². The number of alkyl halides is 6. The number of nitrogens with zero attached hydrogens (tertiary/aromatic N) is 4. The molecule has 7 nitrogen and oxygen atoms in total. The van der Waals surface area contributed by atoms with Gasteiger partial charge >= 0.3 is 18.4 Å². The maximum Gasteiger partial charge on any atom is 0.434 e. The van der Waals surface area contributed by atoms with Gasteiger partial charge in [-0.3, -0.25) is 9.69 Å². The number of hydrogen-bond donors (Lipinski definition) is 0. The molecule has 0 radical (unpaired) electrons. The van der Waals surface area contributed by atoms with Crippen LogP contribution in [0.1, 0.15) is 38.2 Å². The molecular weight excluding hydrogens is 554 g/mol. The van der Waals surface area contributed by atoms with Gasteiger partial charge in [0.25, 0.3) is 6.10 Å². The fraction of sp³-hybridized carbons (Fsp3) is 0.680. The average Bonchev–Trinajstić information content (AvgIpc) is 3.26. The first-order chi connectivity index (χ1) is 18.2. The Hall–Kier alpha value is -2.41. The Balaban J connectivity index is 1.36. The van der Waals surface area contributed by atoms with Gasteiger partial charge in [-0.2, -0.15) is 26.3 Å². The Bertz CT molecular complexity index is 1040. The summed E-state index contributed by atoms with van der Waals surface area (Å²) in [7, 11) is 0. The van der Waals surface area contributed by atoms with Gasteiger partial charge in [0.15, 0.2) is 0 Å². The number of likely N-dealkylation sites (tertiary alicyclic amines) is 1. The largest absolute Gasteiger partial charge is 0.434 e. The SMILES string of the molecule is CC(=O)N1CCCC12CCN(c1cc(Cl)ccc1CN1CCN(C(=O)OC(C(F)(F)F)C(F)(F)F)CC1)CC2. The lowest BCUT2D eigenvalue weighted by Gasteiger charge is -2.46. The molecule has 0 saturated carbocycles. The molecule has 0 N–H and O–H groups in total. The van der Waals surface area contributed by atoms with E-state index in [-0.39, 0.29) is 37.6 Å². The van der Waals surface area contributed by atoms with Gasteiger partial charge in [-0.05, 0) is 43.4 Å². The fourth-order valence-corrected chi connectivity index (χ4v) is 6.07. The number of amides is 2. The number of carbonyl (C=O) groups is 2. The van der Waals surface area contributed by atoms with Crippen LogP contribution in [0.5, 0.6) is 0 Å². The van der Waals surface area contributed by atoms with Crippen LogP contribution >= 0.6 is 11.6 Å². The van der Waals surface area contributed by atoms with E-state index in [9.17, 15) is 35.9 Å². The van der Waals surface area contributed by atoms with Gasteiger partial charge in [0.2, 0.25) is 5.91 Å². The number of halogens is 7. The average molecular weight is 585 g/mol. The lowest BCUT2D eigenvalue weighted by Crippen LogP contribution is -2.54. The molecule has 3 heterocycles. The van der Waals surface area contributed by atoms with Gasteiger partial charge in [-0.15, -0.1) is 0 Å². The van der Waals surface area contributed by atoms with Crippen LogP contribution in [0.2, 0.25) is 5.02 Å². The number of carbonyl (C=O) groups excluding carboxylic acids is 2. The highest BCUT2D eigenvalue weighted by Crippen LogP contribution is 2.41. The van der Waals surface area contributed by atoms with Crippen LogP contribution in [0.3, 0.4) is 0 Å². The van der Waals surface area contributed by atoms with Crippen LogP contribution in [-0.4, -0.2) is 96.5 Å². The third kappa shape index (κ3) is 6.67. The molecular formula is C25H31ClF6N4O3. The lowest BCUT2D eigenvalue weighted by molar-refractivity contribution is -0.308. The highest BCUT2D eigenvalue weighted by atomic mass is 35.5. The van der Waals surface area contributed by atoms with Crippen molar-refractivity contribution in [3.63, 3.8) is 0 Å². The first-order valence-electron chi connectivity index (χ1n) is 12.8. The van der Waals surface area contributed by atoms with Gasteiger partial charge in [-0.25, -0.2) is 4.79 Å². The normalized spacial score (nSPS) is 20.7. The monoisotopic (exact) mass is 584 g/mol. The van der Waals surface area contributed by atoms with Crippen molar-refractivity contribution in [3.8, 4) is 0 Å². The molecule has 0 unspecified atom stereocenters. The minimum Gasteiger partial charge on any atom is -0.426 e. The van der Waals surface area contributed by atoms with Gasteiger partial charge in [0, 0.05) is 75.5 Å². The van der Waals surface area contributed by atoms with Gasteiger partial charge in [0.05, 0.1) is 0 Å².